The number of rotatable bonds is 40. The summed E-state index contributed by atoms with van der Waals surface area (Å²) in [5.41, 5.74) is 0. The van der Waals surface area contributed by atoms with Crippen LogP contribution in [0.5, 0.6) is 0 Å². The summed E-state index contributed by atoms with van der Waals surface area (Å²) in [6, 6.07) is 3.79. The number of methoxy groups -OCH3 is 4. The Morgan fingerprint density at radius 1 is 0.266 bits per heavy atom. The summed E-state index contributed by atoms with van der Waals surface area (Å²) in [6.45, 7) is 9.23. The summed E-state index contributed by atoms with van der Waals surface area (Å²) < 4.78 is 49.3. The van der Waals surface area contributed by atoms with Crippen molar-refractivity contribution in [3.05, 3.63) is 0 Å². The third kappa shape index (κ3) is 31.5. The van der Waals surface area contributed by atoms with E-state index in [1.165, 1.54) is 79.8 Å². The van der Waals surface area contributed by atoms with Crippen LogP contribution >= 0.6 is 0 Å². The molecular weight excluding hydrogens is 881 g/mol. The van der Waals surface area contributed by atoms with Crippen molar-refractivity contribution in [2.45, 2.75) is 256 Å². The fourth-order valence-electron chi connectivity index (χ4n) is 9.12. The molecule has 0 amide bonds. The molecule has 0 saturated carbocycles. The largest absolute Gasteiger partial charge is 0.469 e. The Balaban J connectivity index is 3.05. The average molecular weight is 978 g/mol. The lowest BCUT2D eigenvalue weighted by molar-refractivity contribution is -0.141. The van der Waals surface area contributed by atoms with Crippen LogP contribution in [0.3, 0.4) is 0 Å². The summed E-state index contributed by atoms with van der Waals surface area (Å²) in [4.78, 5) is 46.0. The van der Waals surface area contributed by atoms with Crippen LogP contribution in [0.2, 0.25) is 50.4 Å². The molecule has 1 heterocycles. The first kappa shape index (κ1) is 60.6. The SMILES string of the molecule is COC(=O)CCCCCCCCC[Si]1(C)O[Si](C)(CCCCCCCCCC(=O)OC)O[Si](C)(CCCCCCCCCC(=O)OC)O[Si](C)(CCCCCCCCCC(=O)OC)O1. The molecule has 12 nitrogen and oxygen atoms in total. The Morgan fingerprint density at radius 3 is 0.562 bits per heavy atom. The molecule has 0 radical (unpaired) electrons. The van der Waals surface area contributed by atoms with E-state index in [0.717, 1.165) is 153 Å². The number of esters is 4. The Labute approximate surface area is 395 Å². The van der Waals surface area contributed by atoms with Crippen molar-refractivity contribution >= 4 is 58.1 Å². The standard InChI is InChI=1S/C48H96O12Si4/c1-53-45(49)37-29-21-13-9-17-25-33-41-61(5)57-62(6,42-34-26-18-10-14-22-30-38-46(50)54-2)59-64(8,44-36-28-20-12-16-24-32-40-48(52)56-4)60-63(7,58-61)43-35-27-19-11-15-23-31-39-47(51)55-3/h9-44H2,1-8H3. The van der Waals surface area contributed by atoms with Gasteiger partial charge in [-0.25, -0.2) is 0 Å². The van der Waals surface area contributed by atoms with E-state index in [9.17, 15) is 19.2 Å². The van der Waals surface area contributed by atoms with Crippen LogP contribution in [0, 0.1) is 0 Å². The number of carbonyl (C=O) groups excluding carboxylic acids is 4. The maximum Gasteiger partial charge on any atom is 0.317 e. The molecule has 0 atom stereocenters. The zero-order valence-corrected chi connectivity index (χ0v) is 46.4. The molecule has 1 saturated heterocycles. The number of carbonyl (C=O) groups is 4. The molecule has 16 heteroatoms. The zero-order chi connectivity index (χ0) is 47.4. The zero-order valence-electron chi connectivity index (χ0n) is 42.4. The smallest absolute Gasteiger partial charge is 0.317 e. The molecule has 0 N–H and O–H groups in total. The topological polar surface area (TPSA) is 142 Å². The molecule has 376 valence electrons. The van der Waals surface area contributed by atoms with E-state index in [1.54, 1.807) is 0 Å². The fourth-order valence-corrected chi connectivity index (χ4v) is 32.7. The van der Waals surface area contributed by atoms with Crippen molar-refractivity contribution < 1.29 is 54.6 Å². The van der Waals surface area contributed by atoms with Crippen LogP contribution in [0.1, 0.15) is 205 Å². The van der Waals surface area contributed by atoms with Crippen molar-refractivity contribution in [1.29, 1.82) is 0 Å². The fraction of sp³-hybridized carbons (Fsp3) is 0.917. The van der Waals surface area contributed by atoms with Crippen LogP contribution in [-0.2, 0) is 54.6 Å². The molecule has 1 aliphatic heterocycles. The van der Waals surface area contributed by atoms with Crippen LogP contribution in [0.4, 0.5) is 0 Å². The highest BCUT2D eigenvalue weighted by Crippen LogP contribution is 2.40. The molecule has 1 rings (SSSR count). The minimum atomic E-state index is -2.69. The Bertz CT molecular complexity index is 1050. The lowest BCUT2D eigenvalue weighted by Gasteiger charge is -2.50. The van der Waals surface area contributed by atoms with Gasteiger partial charge < -0.3 is 35.4 Å². The average Bonchev–Trinajstić information content (AvgIpc) is 3.25. The van der Waals surface area contributed by atoms with E-state index in [1.807, 2.05) is 0 Å². The van der Waals surface area contributed by atoms with E-state index in [2.05, 4.69) is 26.2 Å². The van der Waals surface area contributed by atoms with Gasteiger partial charge in [-0.2, -0.15) is 0 Å². The highest BCUT2D eigenvalue weighted by atomic mass is 28.5. The molecule has 0 aromatic rings. The second-order valence-corrected chi connectivity index (χ2v) is 33.5. The molecule has 0 aromatic heterocycles. The van der Waals surface area contributed by atoms with Gasteiger partial charge in [-0.3, -0.25) is 19.2 Å². The second-order valence-electron chi connectivity index (χ2n) is 19.1. The summed E-state index contributed by atoms with van der Waals surface area (Å²) in [6.07, 6.45) is 32.6. The lowest BCUT2D eigenvalue weighted by atomic mass is 10.1. The van der Waals surface area contributed by atoms with Crippen molar-refractivity contribution in [2.75, 3.05) is 28.4 Å². The monoisotopic (exact) mass is 977 g/mol. The quantitative estimate of drug-likeness (QED) is 0.0250. The molecule has 0 aromatic carbocycles. The Hall–Kier alpha value is -1.41. The van der Waals surface area contributed by atoms with E-state index in [0.29, 0.717) is 25.7 Å². The Morgan fingerprint density at radius 2 is 0.406 bits per heavy atom. The van der Waals surface area contributed by atoms with Crippen molar-refractivity contribution in [2.24, 2.45) is 0 Å². The summed E-state index contributed by atoms with van der Waals surface area (Å²) in [5, 5.41) is 0. The number of hydrogen-bond acceptors (Lipinski definition) is 12. The first-order valence-corrected chi connectivity index (χ1v) is 35.8. The van der Waals surface area contributed by atoms with Gasteiger partial charge in [0.15, 0.2) is 0 Å². The minimum Gasteiger partial charge on any atom is -0.469 e. The summed E-state index contributed by atoms with van der Waals surface area (Å²) in [5.74, 6) is -0.484. The maximum atomic E-state index is 11.5. The van der Waals surface area contributed by atoms with Gasteiger partial charge in [0.1, 0.15) is 0 Å². The molecule has 64 heavy (non-hydrogen) atoms. The predicted octanol–water partition coefficient (Wildman–Crippen LogP) is 13.5. The third-order valence-electron chi connectivity index (χ3n) is 12.7. The molecule has 0 unspecified atom stereocenters. The molecule has 1 fully saturated rings. The predicted molar refractivity (Wildman–Crippen MR) is 266 cm³/mol. The first-order chi connectivity index (χ1) is 30.6. The highest BCUT2D eigenvalue weighted by Gasteiger charge is 2.56. The molecule has 0 spiro atoms. The molecule has 0 aliphatic carbocycles. The highest BCUT2D eigenvalue weighted by molar-refractivity contribution is 6.93. The van der Waals surface area contributed by atoms with Crippen molar-refractivity contribution in [1.82, 2.24) is 0 Å². The second kappa shape index (κ2) is 36.6. The van der Waals surface area contributed by atoms with Gasteiger partial charge in [0.25, 0.3) is 0 Å². The van der Waals surface area contributed by atoms with Gasteiger partial charge in [-0.15, -0.1) is 0 Å². The number of unbranched alkanes of at least 4 members (excludes halogenated alkanes) is 24. The molecular formula is C48H96O12Si4. The van der Waals surface area contributed by atoms with Gasteiger partial charge in [0.05, 0.1) is 28.4 Å². The third-order valence-corrected chi connectivity index (χ3v) is 31.5. The van der Waals surface area contributed by atoms with Gasteiger partial charge in [-0.1, -0.05) is 154 Å². The summed E-state index contributed by atoms with van der Waals surface area (Å²) >= 11 is 0. The van der Waals surface area contributed by atoms with Crippen molar-refractivity contribution in [3.8, 4) is 0 Å². The maximum absolute atomic E-state index is 11.5. The van der Waals surface area contributed by atoms with E-state index in [-0.39, 0.29) is 23.9 Å². The van der Waals surface area contributed by atoms with Crippen LogP contribution in [0.25, 0.3) is 0 Å². The first-order valence-electron chi connectivity index (χ1n) is 25.7. The van der Waals surface area contributed by atoms with Crippen LogP contribution in [-0.4, -0.2) is 86.6 Å². The Kier molecular flexibility index (Phi) is 34.7. The van der Waals surface area contributed by atoms with Gasteiger partial charge in [0.2, 0.25) is 0 Å². The van der Waals surface area contributed by atoms with Gasteiger partial charge in [0, 0.05) is 25.7 Å². The minimum absolute atomic E-state index is 0.121. The van der Waals surface area contributed by atoms with Crippen LogP contribution < -0.4 is 0 Å². The van der Waals surface area contributed by atoms with Gasteiger partial charge >= 0.3 is 58.1 Å². The molecule has 0 bridgehead atoms. The van der Waals surface area contributed by atoms with Crippen LogP contribution in [0.15, 0.2) is 0 Å². The lowest BCUT2D eigenvalue weighted by Crippen LogP contribution is -2.67. The number of hydrogen-bond donors (Lipinski definition) is 0. The normalized spacial score (nSPS) is 22.4. The van der Waals surface area contributed by atoms with E-state index in [4.69, 9.17) is 35.4 Å². The van der Waals surface area contributed by atoms with Crippen molar-refractivity contribution in [3.63, 3.8) is 0 Å². The van der Waals surface area contributed by atoms with E-state index >= 15 is 0 Å². The van der Waals surface area contributed by atoms with Gasteiger partial charge in [-0.05, 0) is 76.0 Å². The number of ether oxygens (including phenoxy) is 4. The summed E-state index contributed by atoms with van der Waals surface area (Å²) in [7, 11) is -4.92. The molecule has 1 aliphatic rings. The van der Waals surface area contributed by atoms with E-state index < -0.39 is 34.2 Å².